The molecule has 6 heteroatoms. The van der Waals surface area contributed by atoms with Gasteiger partial charge in [0.2, 0.25) is 0 Å². The highest BCUT2D eigenvalue weighted by atomic mass is 32.1. The first-order valence-corrected chi connectivity index (χ1v) is 8.23. The van der Waals surface area contributed by atoms with Crippen LogP contribution >= 0.6 is 22.7 Å². The first kappa shape index (κ1) is 13.4. The van der Waals surface area contributed by atoms with Gasteiger partial charge in [0.25, 0.3) is 0 Å². The molecule has 0 aliphatic heterocycles. The first-order valence-electron chi connectivity index (χ1n) is 6.60. The molecule has 0 atom stereocenters. The van der Waals surface area contributed by atoms with Gasteiger partial charge in [-0.3, -0.25) is 0 Å². The average Bonchev–Trinajstić information content (AvgIpc) is 3.07. The van der Waals surface area contributed by atoms with Gasteiger partial charge in [0, 0.05) is 5.56 Å². The zero-order chi connectivity index (χ0) is 15.3. The molecule has 4 rings (SSSR count). The summed E-state index contributed by atoms with van der Waals surface area (Å²) < 4.78 is 1.97. The van der Waals surface area contributed by atoms with Crippen molar-refractivity contribution in [3.05, 3.63) is 47.0 Å². The van der Waals surface area contributed by atoms with Crippen LogP contribution in [0.15, 0.2) is 36.4 Å². The van der Waals surface area contributed by atoms with E-state index < -0.39 is 5.97 Å². The van der Waals surface area contributed by atoms with E-state index >= 15 is 0 Å². The maximum Gasteiger partial charge on any atom is 0.124 e. The Morgan fingerprint density at radius 1 is 1.00 bits per heavy atom. The van der Waals surface area contributed by atoms with Crippen LogP contribution in [-0.4, -0.2) is 15.9 Å². The predicted octanol–water partition coefficient (Wildman–Crippen LogP) is 3.24. The van der Waals surface area contributed by atoms with E-state index in [1.165, 1.54) is 17.4 Å². The lowest BCUT2D eigenvalue weighted by Gasteiger charge is -1.99. The topological polar surface area (TPSA) is 65.9 Å². The second-order valence-corrected chi connectivity index (χ2v) is 7.17. The second kappa shape index (κ2) is 4.86. The molecular formula is C16H9N2O2S2-. The summed E-state index contributed by atoms with van der Waals surface area (Å²) >= 11 is 3.13. The van der Waals surface area contributed by atoms with E-state index in [2.05, 4.69) is 16.0 Å². The van der Waals surface area contributed by atoms with Crippen LogP contribution in [0.2, 0.25) is 0 Å². The van der Waals surface area contributed by atoms with Crippen LogP contribution in [0.1, 0.15) is 15.4 Å². The number of fused-ring (bicyclic) bond motifs is 2. The van der Waals surface area contributed by atoms with Gasteiger partial charge in [-0.2, -0.15) is 0 Å². The third-order valence-electron chi connectivity index (χ3n) is 3.37. The summed E-state index contributed by atoms with van der Waals surface area (Å²) in [6.07, 6.45) is 0. The molecule has 2 aromatic heterocycles. The Morgan fingerprint density at radius 2 is 1.73 bits per heavy atom. The van der Waals surface area contributed by atoms with Crippen LogP contribution in [0.3, 0.4) is 0 Å². The smallest absolute Gasteiger partial charge is 0.124 e. The molecule has 0 amide bonds. The van der Waals surface area contributed by atoms with Crippen molar-refractivity contribution in [2.45, 2.75) is 6.92 Å². The number of carboxylic acids is 1. The summed E-state index contributed by atoms with van der Waals surface area (Å²) in [7, 11) is 0. The number of carboxylic acid groups (broad SMARTS) is 1. The van der Waals surface area contributed by atoms with E-state index in [-0.39, 0.29) is 5.56 Å². The molecule has 0 radical (unpaired) electrons. The number of carbonyl (C=O) groups excluding carboxylic acids is 1. The summed E-state index contributed by atoms with van der Waals surface area (Å²) in [5, 5.41) is 12.8. The number of aromatic carboxylic acids is 1. The maximum atomic E-state index is 10.9. The third kappa shape index (κ3) is 2.17. The van der Waals surface area contributed by atoms with Crippen molar-refractivity contribution in [2.75, 3.05) is 0 Å². The molecule has 4 aromatic rings. The lowest BCUT2D eigenvalue weighted by Crippen LogP contribution is -2.21. The largest absolute Gasteiger partial charge is 0.545 e. The zero-order valence-corrected chi connectivity index (χ0v) is 13.1. The number of hydrogen-bond donors (Lipinski definition) is 0. The number of aromatic nitrogens is 2. The molecule has 0 spiro atoms. The molecule has 0 saturated carbocycles. The van der Waals surface area contributed by atoms with Crippen LogP contribution in [-0.2, 0) is 0 Å². The SMILES string of the molecule is Cc1nc2ccc(-c3nc4ccc(C(=O)[O-])cc4s3)cc2s1. The summed E-state index contributed by atoms with van der Waals surface area (Å²) in [5.74, 6) is -1.17. The van der Waals surface area contributed by atoms with E-state index in [9.17, 15) is 9.90 Å². The van der Waals surface area contributed by atoms with E-state index in [1.54, 1.807) is 23.5 Å². The minimum atomic E-state index is -1.17. The summed E-state index contributed by atoms with van der Waals surface area (Å²) in [4.78, 5) is 20.0. The standard InChI is InChI=1S/C16H10N2O2S2/c1-8-17-11-4-2-9(6-13(11)21-8)15-18-12-5-3-10(16(19)20)7-14(12)22-15/h2-7H,1H3,(H,19,20)/p-1. The fourth-order valence-corrected chi connectivity index (χ4v) is 4.22. The monoisotopic (exact) mass is 325 g/mol. The number of nitrogens with zero attached hydrogens (tertiary/aromatic N) is 2. The highest BCUT2D eigenvalue weighted by molar-refractivity contribution is 7.21. The van der Waals surface area contributed by atoms with Crippen LogP contribution < -0.4 is 5.11 Å². The third-order valence-corrected chi connectivity index (χ3v) is 5.37. The quantitative estimate of drug-likeness (QED) is 0.567. The minimum Gasteiger partial charge on any atom is -0.545 e. The minimum absolute atomic E-state index is 0.177. The van der Waals surface area contributed by atoms with E-state index in [1.807, 2.05) is 19.1 Å². The molecule has 0 bridgehead atoms. The summed E-state index contributed by atoms with van der Waals surface area (Å²) in [5.41, 5.74) is 2.99. The van der Waals surface area contributed by atoms with Gasteiger partial charge in [0.05, 0.1) is 31.4 Å². The van der Waals surface area contributed by atoms with Crippen molar-refractivity contribution >= 4 is 49.1 Å². The van der Waals surface area contributed by atoms with Gasteiger partial charge in [0.1, 0.15) is 5.01 Å². The molecule has 4 nitrogen and oxygen atoms in total. The molecule has 2 heterocycles. The highest BCUT2D eigenvalue weighted by Gasteiger charge is 2.09. The molecule has 0 N–H and O–H groups in total. The van der Waals surface area contributed by atoms with Crippen molar-refractivity contribution in [2.24, 2.45) is 0 Å². The molecule has 108 valence electrons. The average molecular weight is 325 g/mol. The molecule has 0 aliphatic carbocycles. The zero-order valence-electron chi connectivity index (χ0n) is 11.5. The van der Waals surface area contributed by atoms with E-state index in [4.69, 9.17) is 0 Å². The van der Waals surface area contributed by atoms with E-state index in [0.717, 1.165) is 36.0 Å². The predicted molar refractivity (Wildman–Crippen MR) is 87.3 cm³/mol. The Hall–Kier alpha value is -2.31. The number of rotatable bonds is 2. The van der Waals surface area contributed by atoms with Gasteiger partial charge in [-0.1, -0.05) is 6.07 Å². The molecule has 0 saturated heterocycles. The Bertz CT molecular complexity index is 1030. The molecule has 0 aliphatic rings. The Kier molecular flexibility index (Phi) is 2.95. The van der Waals surface area contributed by atoms with Gasteiger partial charge in [-0.15, -0.1) is 22.7 Å². The fourth-order valence-electron chi connectivity index (χ4n) is 2.35. The molecule has 0 unspecified atom stereocenters. The van der Waals surface area contributed by atoms with Crippen molar-refractivity contribution in [1.29, 1.82) is 0 Å². The van der Waals surface area contributed by atoms with Gasteiger partial charge in [0.15, 0.2) is 0 Å². The molecular weight excluding hydrogens is 316 g/mol. The maximum absolute atomic E-state index is 10.9. The summed E-state index contributed by atoms with van der Waals surface area (Å²) in [6, 6.07) is 10.9. The molecule has 22 heavy (non-hydrogen) atoms. The van der Waals surface area contributed by atoms with Crippen molar-refractivity contribution < 1.29 is 9.90 Å². The number of thiazole rings is 2. The van der Waals surface area contributed by atoms with Gasteiger partial charge >= 0.3 is 0 Å². The highest BCUT2D eigenvalue weighted by Crippen LogP contribution is 2.33. The van der Waals surface area contributed by atoms with Crippen LogP contribution in [0.25, 0.3) is 31.0 Å². The van der Waals surface area contributed by atoms with Crippen molar-refractivity contribution in [1.82, 2.24) is 9.97 Å². The fraction of sp³-hybridized carbons (Fsp3) is 0.0625. The first-order chi connectivity index (χ1) is 10.6. The van der Waals surface area contributed by atoms with Gasteiger partial charge in [-0.05, 0) is 42.8 Å². The number of benzene rings is 2. The Morgan fingerprint density at radius 3 is 2.55 bits per heavy atom. The Labute approximate surface area is 133 Å². The Balaban J connectivity index is 1.86. The van der Waals surface area contributed by atoms with Crippen LogP contribution in [0.4, 0.5) is 0 Å². The van der Waals surface area contributed by atoms with Gasteiger partial charge < -0.3 is 9.90 Å². The lowest BCUT2D eigenvalue weighted by molar-refractivity contribution is -0.255. The molecule has 2 aromatic carbocycles. The van der Waals surface area contributed by atoms with Crippen LogP contribution in [0.5, 0.6) is 0 Å². The number of carbonyl (C=O) groups is 1. The molecule has 0 fully saturated rings. The van der Waals surface area contributed by atoms with Crippen LogP contribution in [0, 0.1) is 6.92 Å². The van der Waals surface area contributed by atoms with E-state index in [0.29, 0.717) is 0 Å². The number of aryl methyl sites for hydroxylation is 1. The lowest BCUT2D eigenvalue weighted by atomic mass is 10.2. The van der Waals surface area contributed by atoms with Crippen molar-refractivity contribution in [3.8, 4) is 10.6 Å². The normalized spacial score (nSPS) is 11.3. The summed E-state index contributed by atoms with van der Waals surface area (Å²) in [6.45, 7) is 1.99. The second-order valence-electron chi connectivity index (χ2n) is 4.90. The number of hydrogen-bond acceptors (Lipinski definition) is 6. The van der Waals surface area contributed by atoms with Gasteiger partial charge in [-0.25, -0.2) is 9.97 Å². The van der Waals surface area contributed by atoms with Crippen molar-refractivity contribution in [3.63, 3.8) is 0 Å².